The highest BCUT2D eigenvalue weighted by molar-refractivity contribution is 5.95. The number of carbonyl (C=O) groups is 1. The molecule has 1 aromatic carbocycles. The fourth-order valence-corrected chi connectivity index (χ4v) is 1.54. The van der Waals surface area contributed by atoms with E-state index in [9.17, 15) is 4.79 Å². The molecule has 6 heteroatoms. The zero-order chi connectivity index (χ0) is 14.3. The molecule has 19 heavy (non-hydrogen) atoms. The van der Waals surface area contributed by atoms with E-state index in [2.05, 4.69) is 5.32 Å². The molecule has 0 fully saturated rings. The van der Waals surface area contributed by atoms with Gasteiger partial charge in [-0.25, -0.2) is 0 Å². The standard InChI is InChI=1S/C13H21N3O3/c1-16(6-7-18-2)9-13(17)15-12-5-4-10(19-3)8-11(12)14/h4-5,8H,6-7,9,14H2,1-3H3,(H,15,17). The number of nitrogen functional groups attached to an aromatic ring is 1. The van der Waals surface area contributed by atoms with Crippen LogP contribution in [0, 0.1) is 0 Å². The van der Waals surface area contributed by atoms with E-state index in [1.54, 1.807) is 32.4 Å². The van der Waals surface area contributed by atoms with Crippen molar-refractivity contribution in [3.05, 3.63) is 18.2 Å². The highest BCUT2D eigenvalue weighted by Crippen LogP contribution is 2.23. The molecule has 0 aromatic heterocycles. The maximum atomic E-state index is 11.8. The van der Waals surface area contributed by atoms with Crippen molar-refractivity contribution in [2.45, 2.75) is 0 Å². The second kappa shape index (κ2) is 7.60. The average Bonchev–Trinajstić information content (AvgIpc) is 2.38. The molecule has 0 unspecified atom stereocenters. The number of nitrogens with zero attached hydrogens (tertiary/aromatic N) is 1. The van der Waals surface area contributed by atoms with Gasteiger partial charge in [0.15, 0.2) is 0 Å². The van der Waals surface area contributed by atoms with Crippen molar-refractivity contribution in [3.63, 3.8) is 0 Å². The van der Waals surface area contributed by atoms with Gasteiger partial charge in [0, 0.05) is 19.7 Å². The summed E-state index contributed by atoms with van der Waals surface area (Å²) in [5, 5.41) is 2.77. The minimum atomic E-state index is -0.115. The van der Waals surface area contributed by atoms with Gasteiger partial charge in [-0.3, -0.25) is 9.69 Å². The van der Waals surface area contributed by atoms with Gasteiger partial charge in [0.05, 0.1) is 31.6 Å². The molecule has 1 amide bonds. The Morgan fingerprint density at radius 2 is 2.16 bits per heavy atom. The maximum Gasteiger partial charge on any atom is 0.238 e. The Bertz CT molecular complexity index is 424. The van der Waals surface area contributed by atoms with E-state index in [0.29, 0.717) is 30.3 Å². The summed E-state index contributed by atoms with van der Waals surface area (Å²) in [5.41, 5.74) is 6.90. The normalized spacial score (nSPS) is 10.5. The number of amides is 1. The Labute approximate surface area is 113 Å². The molecule has 0 spiro atoms. The van der Waals surface area contributed by atoms with Gasteiger partial charge in [0.1, 0.15) is 5.75 Å². The van der Waals surface area contributed by atoms with Crippen molar-refractivity contribution in [2.24, 2.45) is 0 Å². The highest BCUT2D eigenvalue weighted by Gasteiger charge is 2.09. The van der Waals surface area contributed by atoms with Crippen LogP contribution in [0.15, 0.2) is 18.2 Å². The van der Waals surface area contributed by atoms with Gasteiger partial charge in [-0.1, -0.05) is 0 Å². The van der Waals surface area contributed by atoms with Crippen LogP contribution in [0.1, 0.15) is 0 Å². The number of hydrogen-bond donors (Lipinski definition) is 2. The van der Waals surface area contributed by atoms with Crippen LogP contribution in [0.25, 0.3) is 0 Å². The van der Waals surface area contributed by atoms with E-state index in [1.165, 1.54) is 0 Å². The summed E-state index contributed by atoms with van der Waals surface area (Å²) in [4.78, 5) is 13.7. The van der Waals surface area contributed by atoms with Crippen molar-refractivity contribution >= 4 is 17.3 Å². The molecule has 1 rings (SSSR count). The van der Waals surface area contributed by atoms with Crippen LogP contribution >= 0.6 is 0 Å². The zero-order valence-corrected chi connectivity index (χ0v) is 11.6. The number of rotatable bonds is 7. The van der Waals surface area contributed by atoms with E-state index in [1.807, 2.05) is 11.9 Å². The van der Waals surface area contributed by atoms with E-state index in [0.717, 1.165) is 0 Å². The molecule has 1 aromatic rings. The molecular formula is C13H21N3O3. The van der Waals surface area contributed by atoms with Crippen LogP contribution in [0.4, 0.5) is 11.4 Å². The van der Waals surface area contributed by atoms with E-state index in [4.69, 9.17) is 15.2 Å². The van der Waals surface area contributed by atoms with E-state index in [-0.39, 0.29) is 12.5 Å². The Morgan fingerprint density at radius 3 is 2.74 bits per heavy atom. The number of nitrogens with one attached hydrogen (secondary N) is 1. The van der Waals surface area contributed by atoms with Crippen LogP contribution in [-0.4, -0.2) is 51.8 Å². The number of likely N-dealkylation sites (N-methyl/N-ethyl adjacent to an activating group) is 1. The Balaban J connectivity index is 2.52. The SMILES string of the molecule is COCCN(C)CC(=O)Nc1ccc(OC)cc1N. The number of nitrogens with two attached hydrogens (primary N) is 1. The summed E-state index contributed by atoms with van der Waals surface area (Å²) in [6.45, 7) is 1.57. The van der Waals surface area contributed by atoms with Crippen LogP contribution in [0.5, 0.6) is 5.75 Å². The van der Waals surface area contributed by atoms with Gasteiger partial charge in [0.2, 0.25) is 5.91 Å². The molecule has 106 valence electrons. The third-order valence-corrected chi connectivity index (χ3v) is 2.62. The van der Waals surface area contributed by atoms with Gasteiger partial charge in [0.25, 0.3) is 0 Å². The van der Waals surface area contributed by atoms with Crippen LogP contribution in [-0.2, 0) is 9.53 Å². The monoisotopic (exact) mass is 267 g/mol. The highest BCUT2D eigenvalue weighted by atomic mass is 16.5. The smallest absolute Gasteiger partial charge is 0.238 e. The first kappa shape index (κ1) is 15.3. The molecule has 3 N–H and O–H groups in total. The fraction of sp³-hybridized carbons (Fsp3) is 0.462. The van der Waals surface area contributed by atoms with Gasteiger partial charge in [-0.05, 0) is 19.2 Å². The zero-order valence-electron chi connectivity index (χ0n) is 11.6. The predicted molar refractivity (Wildman–Crippen MR) is 75.4 cm³/mol. The molecule has 0 aliphatic rings. The number of methoxy groups -OCH3 is 2. The van der Waals surface area contributed by atoms with Gasteiger partial charge in [-0.2, -0.15) is 0 Å². The lowest BCUT2D eigenvalue weighted by molar-refractivity contribution is -0.117. The van der Waals surface area contributed by atoms with Crippen molar-refractivity contribution in [1.82, 2.24) is 4.90 Å². The molecule has 0 saturated carbocycles. The summed E-state index contributed by atoms with van der Waals surface area (Å²) in [6, 6.07) is 5.14. The Hall–Kier alpha value is -1.79. The fourth-order valence-electron chi connectivity index (χ4n) is 1.54. The molecule has 6 nitrogen and oxygen atoms in total. The summed E-state index contributed by atoms with van der Waals surface area (Å²) in [5.74, 6) is 0.545. The lowest BCUT2D eigenvalue weighted by Gasteiger charge is -2.16. The summed E-state index contributed by atoms with van der Waals surface area (Å²) < 4.78 is 10.00. The second-order valence-electron chi connectivity index (χ2n) is 4.23. The number of benzene rings is 1. The first-order valence-electron chi connectivity index (χ1n) is 5.97. The lowest BCUT2D eigenvalue weighted by Crippen LogP contribution is -2.32. The molecule has 0 aliphatic carbocycles. The second-order valence-corrected chi connectivity index (χ2v) is 4.23. The first-order chi connectivity index (χ1) is 9.06. The van der Waals surface area contributed by atoms with Crippen molar-refractivity contribution in [1.29, 1.82) is 0 Å². The molecular weight excluding hydrogens is 246 g/mol. The van der Waals surface area contributed by atoms with Crippen molar-refractivity contribution in [3.8, 4) is 5.75 Å². The van der Waals surface area contributed by atoms with Crippen molar-refractivity contribution in [2.75, 3.05) is 52.0 Å². The molecule has 0 heterocycles. The van der Waals surface area contributed by atoms with Crippen LogP contribution in [0.3, 0.4) is 0 Å². The molecule has 0 bridgehead atoms. The predicted octanol–water partition coefficient (Wildman–Crippen LogP) is 0.794. The lowest BCUT2D eigenvalue weighted by atomic mass is 10.2. The minimum Gasteiger partial charge on any atom is -0.497 e. The van der Waals surface area contributed by atoms with Crippen molar-refractivity contribution < 1.29 is 14.3 Å². The van der Waals surface area contributed by atoms with Crippen LogP contribution < -0.4 is 15.8 Å². The summed E-state index contributed by atoms with van der Waals surface area (Å²) in [7, 11) is 5.06. The Morgan fingerprint density at radius 1 is 1.42 bits per heavy atom. The van der Waals surface area contributed by atoms with Crippen LogP contribution in [0.2, 0.25) is 0 Å². The Kier molecular flexibility index (Phi) is 6.11. The maximum absolute atomic E-state index is 11.8. The van der Waals surface area contributed by atoms with Gasteiger partial charge >= 0.3 is 0 Å². The van der Waals surface area contributed by atoms with E-state index < -0.39 is 0 Å². The average molecular weight is 267 g/mol. The quantitative estimate of drug-likeness (QED) is 0.714. The number of anilines is 2. The molecule has 0 saturated heterocycles. The van der Waals surface area contributed by atoms with Gasteiger partial charge in [-0.15, -0.1) is 0 Å². The number of ether oxygens (including phenoxy) is 2. The molecule has 0 atom stereocenters. The minimum absolute atomic E-state index is 0.115. The molecule has 0 radical (unpaired) electrons. The summed E-state index contributed by atoms with van der Waals surface area (Å²) in [6.07, 6.45) is 0. The van der Waals surface area contributed by atoms with Gasteiger partial charge < -0.3 is 20.5 Å². The number of carbonyl (C=O) groups excluding carboxylic acids is 1. The number of hydrogen-bond acceptors (Lipinski definition) is 5. The summed E-state index contributed by atoms with van der Waals surface area (Å²) >= 11 is 0. The first-order valence-corrected chi connectivity index (χ1v) is 5.97. The largest absolute Gasteiger partial charge is 0.497 e. The molecule has 0 aliphatic heterocycles. The van der Waals surface area contributed by atoms with E-state index >= 15 is 0 Å². The topological polar surface area (TPSA) is 76.8 Å². The third-order valence-electron chi connectivity index (χ3n) is 2.62. The third kappa shape index (κ3) is 5.15.